The van der Waals surface area contributed by atoms with Crippen molar-refractivity contribution in [1.29, 1.82) is 0 Å². The molecule has 212 valence electrons. The molecule has 0 fully saturated rings. The summed E-state index contributed by atoms with van der Waals surface area (Å²) in [6, 6.07) is 46.4. The van der Waals surface area contributed by atoms with Crippen LogP contribution in [-0.4, -0.2) is 5.11 Å². The first kappa shape index (κ1) is 24.6. The molecule has 3 nitrogen and oxygen atoms in total. The number of aryl methyl sites for hydroxylation is 1. The minimum atomic E-state index is -0.721. The average Bonchev–Trinajstić information content (AvgIpc) is 3.08. The fourth-order valence-electron chi connectivity index (χ4n) is 8.12. The summed E-state index contributed by atoms with van der Waals surface area (Å²) in [6.45, 7) is 2.18. The molecule has 8 aromatic rings. The Labute approximate surface area is 259 Å². The van der Waals surface area contributed by atoms with Gasteiger partial charge in [-0.15, -0.1) is 0 Å². The van der Waals surface area contributed by atoms with Crippen LogP contribution in [-0.2, 0) is 5.41 Å². The molecule has 0 atom stereocenters. The van der Waals surface area contributed by atoms with E-state index >= 15 is 0 Å². The molecule has 10 rings (SSSR count). The molecule has 0 radical (unpaired) electrons. The Hall–Kier alpha value is -5.80. The highest BCUT2D eigenvalue weighted by Gasteiger charge is 2.51. The van der Waals surface area contributed by atoms with E-state index in [2.05, 4.69) is 104 Å². The zero-order valence-electron chi connectivity index (χ0n) is 24.5. The van der Waals surface area contributed by atoms with Crippen molar-refractivity contribution in [2.75, 3.05) is 0 Å². The molecular formula is C42H26O3. The molecular weight excluding hydrogens is 552 g/mol. The Morgan fingerprint density at radius 3 is 1.58 bits per heavy atom. The van der Waals surface area contributed by atoms with Gasteiger partial charge in [-0.3, -0.25) is 0 Å². The van der Waals surface area contributed by atoms with Gasteiger partial charge in [-0.2, -0.15) is 0 Å². The summed E-state index contributed by atoms with van der Waals surface area (Å²) in [5.74, 6) is 3.59. The SMILES string of the molecule is Cc1cc2ccc3c(c2c2ccccc12)Oc1c(ccc2cc(O)c4ccccc4c12)C31c2ccccc2Oc2ccccc21. The number of phenolic OH excluding ortho intramolecular Hbond substituents is 1. The fraction of sp³-hybridized carbons (Fsp3) is 0.0476. The van der Waals surface area contributed by atoms with Crippen LogP contribution in [0.2, 0.25) is 0 Å². The second kappa shape index (κ2) is 8.64. The Morgan fingerprint density at radius 2 is 0.956 bits per heavy atom. The van der Waals surface area contributed by atoms with Crippen molar-refractivity contribution in [1.82, 2.24) is 0 Å². The normalized spacial score (nSPS) is 14.1. The van der Waals surface area contributed by atoms with Crippen molar-refractivity contribution < 1.29 is 14.6 Å². The fourth-order valence-corrected chi connectivity index (χ4v) is 8.12. The van der Waals surface area contributed by atoms with Gasteiger partial charge in [0.1, 0.15) is 28.7 Å². The van der Waals surface area contributed by atoms with E-state index in [1.807, 2.05) is 36.4 Å². The van der Waals surface area contributed by atoms with Crippen LogP contribution in [0.5, 0.6) is 28.7 Å². The highest BCUT2D eigenvalue weighted by Crippen LogP contribution is 2.64. The van der Waals surface area contributed by atoms with E-state index in [0.717, 1.165) is 77.6 Å². The molecule has 2 heterocycles. The number of para-hydroxylation sites is 2. The van der Waals surface area contributed by atoms with E-state index < -0.39 is 5.41 Å². The van der Waals surface area contributed by atoms with Crippen LogP contribution in [0.15, 0.2) is 133 Å². The van der Waals surface area contributed by atoms with Crippen molar-refractivity contribution in [3.8, 4) is 28.7 Å². The summed E-state index contributed by atoms with van der Waals surface area (Å²) in [7, 11) is 0. The number of fused-ring (bicyclic) bond motifs is 16. The molecule has 0 aliphatic carbocycles. The lowest BCUT2D eigenvalue weighted by atomic mass is 9.61. The summed E-state index contributed by atoms with van der Waals surface area (Å²) in [5, 5.41) is 19.3. The Kier molecular flexibility index (Phi) is 4.73. The minimum absolute atomic E-state index is 0.262. The van der Waals surface area contributed by atoms with Gasteiger partial charge in [0.05, 0.1) is 5.41 Å². The molecule has 0 aromatic heterocycles. The van der Waals surface area contributed by atoms with E-state index in [1.165, 1.54) is 16.3 Å². The predicted molar refractivity (Wildman–Crippen MR) is 181 cm³/mol. The van der Waals surface area contributed by atoms with Gasteiger partial charge in [-0.05, 0) is 57.6 Å². The molecule has 3 heteroatoms. The van der Waals surface area contributed by atoms with Crippen LogP contribution >= 0.6 is 0 Å². The molecule has 45 heavy (non-hydrogen) atoms. The monoisotopic (exact) mass is 578 g/mol. The molecule has 0 saturated heterocycles. The molecule has 0 unspecified atom stereocenters. The van der Waals surface area contributed by atoms with Gasteiger partial charge in [-0.1, -0.05) is 115 Å². The van der Waals surface area contributed by atoms with Crippen LogP contribution in [0.1, 0.15) is 27.8 Å². The highest BCUT2D eigenvalue weighted by atomic mass is 16.5. The Bertz CT molecular complexity index is 2400. The smallest absolute Gasteiger partial charge is 0.140 e. The number of ether oxygens (including phenoxy) is 2. The first-order chi connectivity index (χ1) is 22.1. The maximum atomic E-state index is 11.1. The molecule has 2 aliphatic rings. The maximum Gasteiger partial charge on any atom is 0.140 e. The Balaban J connectivity index is 1.48. The topological polar surface area (TPSA) is 38.7 Å². The summed E-state index contributed by atoms with van der Waals surface area (Å²) in [5.41, 5.74) is 4.80. The third-order valence-electron chi connectivity index (χ3n) is 9.95. The third kappa shape index (κ3) is 3.05. The number of aromatic hydroxyl groups is 1. The summed E-state index contributed by atoms with van der Waals surface area (Å²) >= 11 is 0. The van der Waals surface area contributed by atoms with Crippen molar-refractivity contribution in [3.63, 3.8) is 0 Å². The van der Waals surface area contributed by atoms with Crippen molar-refractivity contribution in [3.05, 3.63) is 161 Å². The zero-order valence-corrected chi connectivity index (χ0v) is 24.5. The molecule has 8 aromatic carbocycles. The lowest BCUT2D eigenvalue weighted by Crippen LogP contribution is -2.36. The second-order valence-electron chi connectivity index (χ2n) is 12.2. The molecule has 0 amide bonds. The molecule has 1 N–H and O–H groups in total. The number of benzene rings is 8. The van der Waals surface area contributed by atoms with Crippen LogP contribution in [0.4, 0.5) is 0 Å². The second-order valence-corrected chi connectivity index (χ2v) is 12.2. The number of phenols is 1. The number of hydrogen-bond acceptors (Lipinski definition) is 3. The summed E-state index contributed by atoms with van der Waals surface area (Å²) in [6.07, 6.45) is 0. The van der Waals surface area contributed by atoms with Gasteiger partial charge in [0.2, 0.25) is 0 Å². The van der Waals surface area contributed by atoms with Gasteiger partial charge in [0, 0.05) is 38.4 Å². The highest BCUT2D eigenvalue weighted by molar-refractivity contribution is 6.16. The molecule has 1 spiro atoms. The third-order valence-corrected chi connectivity index (χ3v) is 9.95. The van der Waals surface area contributed by atoms with Crippen molar-refractivity contribution in [2.45, 2.75) is 12.3 Å². The maximum absolute atomic E-state index is 11.1. The van der Waals surface area contributed by atoms with Gasteiger partial charge in [-0.25, -0.2) is 0 Å². The summed E-state index contributed by atoms with van der Waals surface area (Å²) < 4.78 is 13.9. The standard InChI is InChI=1S/C42H26O3/c1-24-22-25-18-20-33-40(38(25)29-12-4-2-10-27(24)29)45-41-34(21-19-26-23-35(43)28-11-3-5-13-30(28)39(26)41)42(33)31-14-6-8-16-36(31)44-37-17-9-7-15-32(37)42/h2-23,43H,1H3. The molecule has 0 bridgehead atoms. The van der Waals surface area contributed by atoms with Gasteiger partial charge in [0.25, 0.3) is 0 Å². The van der Waals surface area contributed by atoms with Crippen LogP contribution in [0.25, 0.3) is 43.1 Å². The zero-order chi connectivity index (χ0) is 29.9. The predicted octanol–water partition coefficient (Wildman–Crippen LogP) is 10.9. The largest absolute Gasteiger partial charge is 0.507 e. The summed E-state index contributed by atoms with van der Waals surface area (Å²) in [4.78, 5) is 0. The quantitative estimate of drug-likeness (QED) is 0.182. The van der Waals surface area contributed by atoms with Crippen LogP contribution < -0.4 is 9.47 Å². The molecule has 2 aliphatic heterocycles. The van der Waals surface area contributed by atoms with E-state index in [4.69, 9.17) is 9.47 Å². The van der Waals surface area contributed by atoms with E-state index in [-0.39, 0.29) is 5.75 Å². The van der Waals surface area contributed by atoms with Gasteiger partial charge in [0.15, 0.2) is 0 Å². The van der Waals surface area contributed by atoms with E-state index in [0.29, 0.717) is 0 Å². The van der Waals surface area contributed by atoms with Crippen molar-refractivity contribution in [2.24, 2.45) is 0 Å². The number of hydrogen-bond donors (Lipinski definition) is 1. The van der Waals surface area contributed by atoms with Crippen molar-refractivity contribution >= 4 is 43.1 Å². The molecule has 0 saturated carbocycles. The van der Waals surface area contributed by atoms with E-state index in [1.54, 1.807) is 0 Å². The van der Waals surface area contributed by atoms with Gasteiger partial charge < -0.3 is 14.6 Å². The first-order valence-corrected chi connectivity index (χ1v) is 15.3. The lowest BCUT2D eigenvalue weighted by molar-refractivity contribution is 0.404. The van der Waals surface area contributed by atoms with E-state index in [9.17, 15) is 5.11 Å². The first-order valence-electron chi connectivity index (χ1n) is 15.3. The Morgan fingerprint density at radius 1 is 0.467 bits per heavy atom. The lowest BCUT2D eigenvalue weighted by Gasteiger charge is -2.45. The van der Waals surface area contributed by atoms with Gasteiger partial charge >= 0.3 is 0 Å². The average molecular weight is 579 g/mol. The van der Waals surface area contributed by atoms with Crippen LogP contribution in [0, 0.1) is 6.92 Å². The number of rotatable bonds is 0. The minimum Gasteiger partial charge on any atom is -0.507 e. The van der Waals surface area contributed by atoms with Crippen LogP contribution in [0.3, 0.4) is 0 Å².